The maximum absolute atomic E-state index is 12.5. The molecule has 0 atom stereocenters. The molecule has 0 fully saturated rings. The molecule has 0 radical (unpaired) electrons. The summed E-state index contributed by atoms with van der Waals surface area (Å²) in [6.07, 6.45) is 0. The number of nitrogens with two attached hydrogens (primary N) is 1. The van der Waals surface area contributed by atoms with E-state index in [1.54, 1.807) is 6.07 Å². The SMILES string of the molecule is COC(=O)CN(CC(=O)OC)S(=O)(=O)c1ccccc1N. The van der Waals surface area contributed by atoms with Crippen molar-refractivity contribution in [1.29, 1.82) is 0 Å². The van der Waals surface area contributed by atoms with Crippen LogP contribution in [0.25, 0.3) is 0 Å². The molecule has 0 aliphatic carbocycles. The van der Waals surface area contributed by atoms with E-state index in [2.05, 4.69) is 9.47 Å². The lowest BCUT2D eigenvalue weighted by Gasteiger charge is -2.20. The van der Waals surface area contributed by atoms with Crippen molar-refractivity contribution in [1.82, 2.24) is 4.31 Å². The average Bonchev–Trinajstić information content (AvgIpc) is 2.46. The first-order valence-electron chi connectivity index (χ1n) is 5.81. The minimum Gasteiger partial charge on any atom is -0.468 e. The molecule has 0 aliphatic rings. The van der Waals surface area contributed by atoms with E-state index in [1.807, 2.05) is 0 Å². The summed E-state index contributed by atoms with van der Waals surface area (Å²) in [6, 6.07) is 5.74. The number of nitrogens with zero attached hydrogens (tertiary/aromatic N) is 1. The van der Waals surface area contributed by atoms with Gasteiger partial charge in [-0.05, 0) is 12.1 Å². The van der Waals surface area contributed by atoms with Crippen LogP contribution in [-0.4, -0.2) is 52.0 Å². The number of sulfonamides is 1. The fraction of sp³-hybridized carbons (Fsp3) is 0.333. The lowest BCUT2D eigenvalue weighted by Crippen LogP contribution is -2.40. The number of para-hydroxylation sites is 1. The predicted molar refractivity (Wildman–Crippen MR) is 73.6 cm³/mol. The Morgan fingerprint density at radius 2 is 1.57 bits per heavy atom. The van der Waals surface area contributed by atoms with Crippen LogP contribution in [0.1, 0.15) is 0 Å². The highest BCUT2D eigenvalue weighted by molar-refractivity contribution is 7.89. The Morgan fingerprint density at radius 3 is 2.00 bits per heavy atom. The maximum atomic E-state index is 12.5. The Labute approximate surface area is 122 Å². The van der Waals surface area contributed by atoms with Crippen molar-refractivity contribution in [3.05, 3.63) is 24.3 Å². The number of carbonyl (C=O) groups is 2. The van der Waals surface area contributed by atoms with Gasteiger partial charge in [-0.1, -0.05) is 12.1 Å². The van der Waals surface area contributed by atoms with Gasteiger partial charge in [-0.15, -0.1) is 0 Å². The number of hydrogen-bond acceptors (Lipinski definition) is 7. The summed E-state index contributed by atoms with van der Waals surface area (Å²) in [4.78, 5) is 22.5. The van der Waals surface area contributed by atoms with Gasteiger partial charge in [0.1, 0.15) is 18.0 Å². The number of hydrogen-bond donors (Lipinski definition) is 1. The van der Waals surface area contributed by atoms with E-state index < -0.39 is 35.1 Å². The van der Waals surface area contributed by atoms with Crippen LogP contribution in [0.2, 0.25) is 0 Å². The quantitative estimate of drug-likeness (QED) is 0.561. The molecule has 116 valence electrons. The minimum atomic E-state index is -4.14. The van der Waals surface area contributed by atoms with Crippen molar-refractivity contribution in [3.8, 4) is 0 Å². The van der Waals surface area contributed by atoms with Crippen LogP contribution in [-0.2, 0) is 29.1 Å². The van der Waals surface area contributed by atoms with E-state index >= 15 is 0 Å². The van der Waals surface area contributed by atoms with Gasteiger partial charge in [-0.25, -0.2) is 8.42 Å². The van der Waals surface area contributed by atoms with Gasteiger partial charge in [0.25, 0.3) is 0 Å². The number of rotatable bonds is 6. The summed E-state index contributed by atoms with van der Waals surface area (Å²) < 4.78 is 34.5. The Morgan fingerprint density at radius 1 is 1.10 bits per heavy atom. The van der Waals surface area contributed by atoms with Crippen LogP contribution in [0.4, 0.5) is 5.69 Å². The molecule has 0 saturated carbocycles. The van der Waals surface area contributed by atoms with Gasteiger partial charge in [0.2, 0.25) is 10.0 Å². The molecule has 0 heterocycles. The van der Waals surface area contributed by atoms with Crippen molar-refractivity contribution in [2.24, 2.45) is 0 Å². The third-order valence-electron chi connectivity index (χ3n) is 2.60. The first kappa shape index (κ1) is 16.9. The maximum Gasteiger partial charge on any atom is 0.321 e. The molecule has 0 aliphatic heterocycles. The topological polar surface area (TPSA) is 116 Å². The number of anilines is 1. The normalized spacial score (nSPS) is 11.2. The van der Waals surface area contributed by atoms with E-state index in [0.717, 1.165) is 14.2 Å². The van der Waals surface area contributed by atoms with E-state index in [4.69, 9.17) is 5.73 Å². The largest absolute Gasteiger partial charge is 0.468 e. The van der Waals surface area contributed by atoms with Gasteiger partial charge < -0.3 is 15.2 Å². The predicted octanol–water partition coefficient (Wildman–Crippen LogP) is -0.394. The number of nitrogen functional groups attached to an aromatic ring is 1. The summed E-state index contributed by atoms with van der Waals surface area (Å²) in [5.74, 6) is -1.62. The second-order valence-corrected chi connectivity index (χ2v) is 5.87. The Kier molecular flexibility index (Phi) is 5.68. The van der Waals surface area contributed by atoms with Gasteiger partial charge in [-0.2, -0.15) is 4.31 Å². The zero-order valence-electron chi connectivity index (χ0n) is 11.6. The van der Waals surface area contributed by atoms with Crippen LogP contribution >= 0.6 is 0 Å². The number of carbonyl (C=O) groups excluding carboxylic acids is 2. The average molecular weight is 316 g/mol. The third kappa shape index (κ3) is 4.17. The summed E-state index contributed by atoms with van der Waals surface area (Å²) in [5.41, 5.74) is 5.64. The molecule has 9 heteroatoms. The van der Waals surface area contributed by atoms with Gasteiger partial charge in [0.15, 0.2) is 0 Å². The Bertz CT molecular complexity index is 610. The summed E-state index contributed by atoms with van der Waals surface area (Å²) >= 11 is 0. The number of benzene rings is 1. The lowest BCUT2D eigenvalue weighted by molar-refractivity contribution is -0.143. The molecule has 21 heavy (non-hydrogen) atoms. The smallest absolute Gasteiger partial charge is 0.321 e. The first-order valence-corrected chi connectivity index (χ1v) is 7.25. The molecular formula is C12H16N2O6S. The fourth-order valence-electron chi connectivity index (χ4n) is 1.50. The third-order valence-corrected chi connectivity index (χ3v) is 4.47. The standard InChI is InChI=1S/C12H16N2O6S/c1-19-11(15)7-14(8-12(16)20-2)21(17,18)10-6-4-3-5-9(10)13/h3-6H,7-8,13H2,1-2H3. The summed E-state index contributed by atoms with van der Waals surface area (Å²) in [7, 11) is -1.91. The van der Waals surface area contributed by atoms with Crippen LogP contribution < -0.4 is 5.73 Å². The van der Waals surface area contributed by atoms with Gasteiger partial charge in [0, 0.05) is 0 Å². The zero-order chi connectivity index (χ0) is 16.0. The molecule has 1 rings (SSSR count). The first-order chi connectivity index (χ1) is 9.82. The van der Waals surface area contributed by atoms with Crippen molar-refractivity contribution >= 4 is 27.6 Å². The van der Waals surface area contributed by atoms with E-state index in [-0.39, 0.29) is 10.6 Å². The summed E-state index contributed by atoms with van der Waals surface area (Å²) in [6.45, 7) is -1.25. The number of ether oxygens (including phenoxy) is 2. The van der Waals surface area contributed by atoms with Gasteiger partial charge in [-0.3, -0.25) is 9.59 Å². The van der Waals surface area contributed by atoms with E-state index in [0.29, 0.717) is 4.31 Å². The molecule has 0 aromatic heterocycles. The van der Waals surface area contributed by atoms with Crippen molar-refractivity contribution < 1.29 is 27.5 Å². The molecule has 0 spiro atoms. The molecule has 0 unspecified atom stereocenters. The van der Waals surface area contributed by atoms with Crippen molar-refractivity contribution in [2.75, 3.05) is 33.0 Å². The second-order valence-electron chi connectivity index (χ2n) is 3.96. The van der Waals surface area contributed by atoms with E-state index in [9.17, 15) is 18.0 Å². The lowest BCUT2D eigenvalue weighted by atomic mass is 10.3. The number of methoxy groups -OCH3 is 2. The zero-order valence-corrected chi connectivity index (χ0v) is 12.4. The van der Waals surface area contributed by atoms with Crippen molar-refractivity contribution in [2.45, 2.75) is 4.90 Å². The van der Waals surface area contributed by atoms with E-state index in [1.165, 1.54) is 18.2 Å². The van der Waals surface area contributed by atoms with Crippen LogP contribution in [0.3, 0.4) is 0 Å². The molecular weight excluding hydrogens is 300 g/mol. The highest BCUT2D eigenvalue weighted by Gasteiger charge is 2.30. The number of esters is 2. The van der Waals surface area contributed by atoms with Crippen molar-refractivity contribution in [3.63, 3.8) is 0 Å². The fourth-order valence-corrected chi connectivity index (χ4v) is 2.94. The highest BCUT2D eigenvalue weighted by Crippen LogP contribution is 2.21. The molecule has 8 nitrogen and oxygen atoms in total. The second kappa shape index (κ2) is 7.04. The monoisotopic (exact) mass is 316 g/mol. The molecule has 0 bridgehead atoms. The molecule has 0 saturated heterocycles. The minimum absolute atomic E-state index is 0.0113. The van der Waals surface area contributed by atoms with Crippen LogP contribution in [0.15, 0.2) is 29.2 Å². The molecule has 1 aromatic carbocycles. The van der Waals surface area contributed by atoms with Gasteiger partial charge >= 0.3 is 11.9 Å². The van der Waals surface area contributed by atoms with Gasteiger partial charge in [0.05, 0.1) is 19.9 Å². The Balaban J connectivity index is 3.19. The summed E-state index contributed by atoms with van der Waals surface area (Å²) in [5, 5.41) is 0. The molecule has 2 N–H and O–H groups in total. The van der Waals surface area contributed by atoms with Crippen LogP contribution in [0.5, 0.6) is 0 Å². The highest BCUT2D eigenvalue weighted by atomic mass is 32.2. The Hall–Kier alpha value is -2.13. The van der Waals surface area contributed by atoms with Crippen LogP contribution in [0, 0.1) is 0 Å². The molecule has 0 amide bonds. The molecule has 1 aromatic rings.